The number of imidazole rings is 1. The first-order valence-electron chi connectivity index (χ1n) is 7.20. The molecule has 0 saturated carbocycles. The van der Waals surface area contributed by atoms with Crippen molar-refractivity contribution in [1.29, 1.82) is 0 Å². The molecule has 7 heteroatoms. The number of rotatable bonds is 5. The smallest absolute Gasteiger partial charge is 0.329 e. The number of hydrogen-bond acceptors (Lipinski definition) is 4. The van der Waals surface area contributed by atoms with Gasteiger partial charge in [-0.15, -0.1) is 0 Å². The van der Waals surface area contributed by atoms with E-state index >= 15 is 0 Å². The second-order valence-corrected chi connectivity index (χ2v) is 5.25. The van der Waals surface area contributed by atoms with Crippen molar-refractivity contribution in [2.45, 2.75) is 12.6 Å². The van der Waals surface area contributed by atoms with E-state index in [9.17, 15) is 14.7 Å². The molecule has 0 fully saturated rings. The monoisotopic (exact) mass is 315 g/mol. The number of aryl methyl sites for hydroxylation is 1. The molecule has 1 aromatic carbocycles. The van der Waals surface area contributed by atoms with Crippen LogP contribution in [-0.2, 0) is 18.4 Å². The molecule has 1 unspecified atom stereocenters. The van der Waals surface area contributed by atoms with E-state index in [1.54, 1.807) is 25.2 Å². The molecule has 3 aromatic rings. The Morgan fingerprint density at radius 3 is 2.70 bits per heavy atom. The number of hydrogen-bond donors (Lipinski definition) is 2. The average Bonchev–Trinajstić information content (AvgIpc) is 3.17. The first kappa shape index (κ1) is 15.1. The van der Waals surface area contributed by atoms with Gasteiger partial charge in [0.05, 0.1) is 23.8 Å². The number of furan rings is 1. The maximum absolute atomic E-state index is 12.2. The van der Waals surface area contributed by atoms with Crippen LogP contribution in [-0.4, -0.2) is 26.7 Å². The molecule has 1 atom stereocenters. The van der Waals surface area contributed by atoms with Crippen LogP contribution in [0.1, 0.15) is 11.9 Å². The molecule has 2 N–H and O–H groups in total. The number of aliphatic hydroxyl groups is 1. The van der Waals surface area contributed by atoms with Gasteiger partial charge in [-0.25, -0.2) is 4.79 Å². The van der Waals surface area contributed by atoms with Gasteiger partial charge in [-0.3, -0.25) is 13.9 Å². The van der Waals surface area contributed by atoms with E-state index in [1.807, 2.05) is 18.2 Å². The van der Waals surface area contributed by atoms with E-state index in [1.165, 1.54) is 15.4 Å². The van der Waals surface area contributed by atoms with Gasteiger partial charge in [-0.1, -0.05) is 12.1 Å². The largest absolute Gasteiger partial charge is 0.467 e. The topological polar surface area (TPSA) is 89.4 Å². The second kappa shape index (κ2) is 6.13. The van der Waals surface area contributed by atoms with Crippen molar-refractivity contribution >= 4 is 16.9 Å². The van der Waals surface area contributed by atoms with E-state index in [4.69, 9.17) is 4.42 Å². The highest BCUT2D eigenvalue weighted by Crippen LogP contribution is 2.12. The molecule has 0 bridgehead atoms. The number of carbonyl (C=O) groups excluding carboxylic acids is 1. The Hall–Kier alpha value is -2.80. The lowest BCUT2D eigenvalue weighted by molar-refractivity contribution is -0.122. The fourth-order valence-electron chi connectivity index (χ4n) is 2.51. The van der Waals surface area contributed by atoms with E-state index in [2.05, 4.69) is 5.32 Å². The average molecular weight is 315 g/mol. The summed E-state index contributed by atoms with van der Waals surface area (Å²) in [4.78, 5) is 24.3. The van der Waals surface area contributed by atoms with Crippen LogP contribution in [0.5, 0.6) is 0 Å². The third-order valence-electron chi connectivity index (χ3n) is 3.72. The van der Waals surface area contributed by atoms with Gasteiger partial charge in [0.1, 0.15) is 18.4 Å². The Morgan fingerprint density at radius 2 is 2.00 bits per heavy atom. The van der Waals surface area contributed by atoms with Gasteiger partial charge >= 0.3 is 5.69 Å². The van der Waals surface area contributed by atoms with Gasteiger partial charge in [0.15, 0.2) is 0 Å². The number of amides is 1. The lowest BCUT2D eigenvalue weighted by atomic mass is 10.2. The summed E-state index contributed by atoms with van der Waals surface area (Å²) < 4.78 is 7.97. The number of fused-ring (bicyclic) bond motifs is 1. The van der Waals surface area contributed by atoms with Crippen LogP contribution in [0.25, 0.3) is 11.0 Å². The maximum Gasteiger partial charge on any atom is 0.329 e. The van der Waals surface area contributed by atoms with Gasteiger partial charge < -0.3 is 14.8 Å². The molecule has 2 aromatic heterocycles. The van der Waals surface area contributed by atoms with Crippen molar-refractivity contribution in [3.05, 3.63) is 58.9 Å². The van der Waals surface area contributed by atoms with Crippen LogP contribution in [0, 0.1) is 0 Å². The zero-order valence-corrected chi connectivity index (χ0v) is 12.6. The SMILES string of the molecule is Cn1c(=O)n(CC(=O)NCC(O)c2ccco2)c2ccccc21. The quantitative estimate of drug-likeness (QED) is 0.728. The van der Waals surface area contributed by atoms with Crippen LogP contribution in [0.3, 0.4) is 0 Å². The maximum atomic E-state index is 12.2. The zero-order valence-electron chi connectivity index (χ0n) is 12.6. The van der Waals surface area contributed by atoms with Crippen molar-refractivity contribution in [2.24, 2.45) is 7.05 Å². The van der Waals surface area contributed by atoms with Crippen LogP contribution in [0.15, 0.2) is 51.9 Å². The van der Waals surface area contributed by atoms with E-state index in [-0.39, 0.29) is 24.7 Å². The molecule has 1 amide bonds. The van der Waals surface area contributed by atoms with Crippen molar-refractivity contribution in [3.8, 4) is 0 Å². The lowest BCUT2D eigenvalue weighted by Crippen LogP contribution is -2.34. The normalized spacial score (nSPS) is 12.4. The fourth-order valence-corrected chi connectivity index (χ4v) is 2.51. The minimum Gasteiger partial charge on any atom is -0.467 e. The van der Waals surface area contributed by atoms with E-state index < -0.39 is 6.10 Å². The Morgan fingerprint density at radius 1 is 1.26 bits per heavy atom. The van der Waals surface area contributed by atoms with E-state index in [0.29, 0.717) is 11.3 Å². The number of para-hydroxylation sites is 2. The Bertz CT molecular complexity index is 877. The minimum absolute atomic E-state index is 0.0197. The lowest BCUT2D eigenvalue weighted by Gasteiger charge is -2.10. The number of benzene rings is 1. The predicted molar refractivity (Wildman–Crippen MR) is 83.9 cm³/mol. The Kier molecular flexibility index (Phi) is 4.03. The van der Waals surface area contributed by atoms with Crippen LogP contribution in [0.4, 0.5) is 0 Å². The number of aliphatic hydroxyl groups excluding tert-OH is 1. The first-order chi connectivity index (χ1) is 11.1. The van der Waals surface area contributed by atoms with Crippen molar-refractivity contribution in [1.82, 2.24) is 14.5 Å². The molecule has 0 saturated heterocycles. The third kappa shape index (κ3) is 2.91. The molecule has 23 heavy (non-hydrogen) atoms. The zero-order chi connectivity index (χ0) is 16.4. The summed E-state index contributed by atoms with van der Waals surface area (Å²) in [7, 11) is 1.67. The van der Waals surface area contributed by atoms with Crippen molar-refractivity contribution in [3.63, 3.8) is 0 Å². The Labute approximate surface area is 131 Å². The highest BCUT2D eigenvalue weighted by atomic mass is 16.4. The standard InChI is InChI=1S/C16H17N3O4/c1-18-11-5-2-3-6-12(11)19(16(18)22)10-15(21)17-9-13(20)14-7-4-8-23-14/h2-8,13,20H,9-10H2,1H3,(H,17,21). The van der Waals surface area contributed by atoms with Crippen molar-refractivity contribution in [2.75, 3.05) is 6.54 Å². The van der Waals surface area contributed by atoms with Gasteiger partial charge in [-0.05, 0) is 24.3 Å². The number of nitrogens with one attached hydrogen (secondary N) is 1. The van der Waals surface area contributed by atoms with Crippen molar-refractivity contribution < 1.29 is 14.3 Å². The molecule has 0 aliphatic carbocycles. The Balaban J connectivity index is 1.71. The number of carbonyl (C=O) groups is 1. The van der Waals surface area contributed by atoms with Gasteiger partial charge in [0.25, 0.3) is 0 Å². The van der Waals surface area contributed by atoms with Gasteiger partial charge in [0, 0.05) is 7.05 Å². The number of nitrogens with zero attached hydrogens (tertiary/aromatic N) is 2. The summed E-state index contributed by atoms with van der Waals surface area (Å²) in [6.07, 6.45) is 0.536. The van der Waals surface area contributed by atoms with Crippen LogP contribution < -0.4 is 11.0 Å². The molecule has 0 spiro atoms. The molecule has 0 radical (unpaired) electrons. The molecular weight excluding hydrogens is 298 g/mol. The summed E-state index contributed by atoms with van der Waals surface area (Å²) in [5, 5.41) is 12.5. The highest BCUT2D eigenvalue weighted by Gasteiger charge is 2.15. The minimum atomic E-state index is -0.918. The predicted octanol–water partition coefficient (Wildman–Crippen LogP) is 0.783. The summed E-state index contributed by atoms with van der Waals surface area (Å²) in [5.41, 5.74) is 1.20. The third-order valence-corrected chi connectivity index (χ3v) is 3.72. The molecule has 3 rings (SSSR count). The molecule has 120 valence electrons. The summed E-state index contributed by atoms with van der Waals surface area (Å²) in [6, 6.07) is 10.6. The van der Waals surface area contributed by atoms with Gasteiger partial charge in [-0.2, -0.15) is 0 Å². The molecular formula is C16H17N3O4. The molecule has 0 aliphatic heterocycles. The highest BCUT2D eigenvalue weighted by molar-refractivity contribution is 5.80. The number of aromatic nitrogens is 2. The molecule has 0 aliphatic rings. The van der Waals surface area contributed by atoms with E-state index in [0.717, 1.165) is 5.52 Å². The summed E-state index contributed by atoms with van der Waals surface area (Å²) >= 11 is 0. The van der Waals surface area contributed by atoms with Crippen LogP contribution in [0.2, 0.25) is 0 Å². The van der Waals surface area contributed by atoms with Crippen LogP contribution >= 0.6 is 0 Å². The second-order valence-electron chi connectivity index (χ2n) is 5.25. The first-order valence-corrected chi connectivity index (χ1v) is 7.20. The fraction of sp³-hybridized carbons (Fsp3) is 0.250. The molecule has 2 heterocycles. The summed E-state index contributed by atoms with van der Waals surface area (Å²) in [5.74, 6) is 0.0293. The van der Waals surface area contributed by atoms with Gasteiger partial charge in [0.2, 0.25) is 5.91 Å². The molecule has 7 nitrogen and oxygen atoms in total. The summed E-state index contributed by atoms with van der Waals surface area (Å²) in [6.45, 7) is -0.0864.